The highest BCUT2D eigenvalue weighted by molar-refractivity contribution is 9.10. The average Bonchev–Trinajstić information content (AvgIpc) is 2.90. The predicted octanol–water partition coefficient (Wildman–Crippen LogP) is 2.51. The van der Waals surface area contributed by atoms with Crippen LogP contribution in [-0.4, -0.2) is 25.5 Å². The number of rotatable bonds is 4. The van der Waals surface area contributed by atoms with Crippen LogP contribution in [0.4, 0.5) is 0 Å². The van der Waals surface area contributed by atoms with Gasteiger partial charge in [-0.2, -0.15) is 10.2 Å². The van der Waals surface area contributed by atoms with Crippen molar-refractivity contribution < 1.29 is 4.79 Å². The van der Waals surface area contributed by atoms with Gasteiger partial charge in [0.05, 0.1) is 21.9 Å². The van der Waals surface area contributed by atoms with Crippen LogP contribution in [-0.2, 0) is 13.6 Å². The Morgan fingerprint density at radius 2 is 2.05 bits per heavy atom. The van der Waals surface area contributed by atoms with E-state index in [-0.39, 0.29) is 11.9 Å². The number of nitrogens with one attached hydrogen (secondary N) is 1. The lowest BCUT2D eigenvalue weighted by atomic mass is 10.1. The van der Waals surface area contributed by atoms with Crippen LogP contribution in [0.2, 0.25) is 0 Å². The zero-order chi connectivity index (χ0) is 15.7. The molecule has 0 aliphatic heterocycles. The zero-order valence-corrected chi connectivity index (χ0v) is 14.5. The highest BCUT2D eigenvalue weighted by Gasteiger charge is 2.21. The highest BCUT2D eigenvalue weighted by Crippen LogP contribution is 2.22. The molecule has 7 heteroatoms. The van der Waals surface area contributed by atoms with Gasteiger partial charge in [-0.25, -0.2) is 0 Å². The lowest BCUT2D eigenvalue weighted by molar-refractivity contribution is 0.0929. The molecule has 2 rings (SSSR count). The maximum Gasteiger partial charge on any atom is 0.271 e. The lowest BCUT2D eigenvalue weighted by Crippen LogP contribution is -2.29. The monoisotopic (exact) mass is 353 g/mol. The van der Waals surface area contributed by atoms with Crippen LogP contribution in [0.3, 0.4) is 0 Å². The van der Waals surface area contributed by atoms with Gasteiger partial charge < -0.3 is 5.32 Å². The molecule has 0 fully saturated rings. The second-order valence-corrected chi connectivity index (χ2v) is 5.89. The van der Waals surface area contributed by atoms with E-state index in [2.05, 4.69) is 31.4 Å². The Morgan fingerprint density at radius 3 is 2.52 bits per heavy atom. The van der Waals surface area contributed by atoms with Crippen molar-refractivity contribution >= 4 is 21.8 Å². The number of carbonyl (C=O) groups is 1. The Balaban J connectivity index is 2.20. The second kappa shape index (κ2) is 6.01. The summed E-state index contributed by atoms with van der Waals surface area (Å²) in [5, 5.41) is 11.6. The van der Waals surface area contributed by atoms with Gasteiger partial charge in [-0.15, -0.1) is 0 Å². The van der Waals surface area contributed by atoms with Gasteiger partial charge in [-0.3, -0.25) is 14.2 Å². The molecule has 1 N–H and O–H groups in total. The summed E-state index contributed by atoms with van der Waals surface area (Å²) in [6.45, 7) is 8.62. The van der Waals surface area contributed by atoms with Crippen molar-refractivity contribution in [3.05, 3.63) is 33.3 Å². The van der Waals surface area contributed by atoms with Gasteiger partial charge in [-0.05, 0) is 43.6 Å². The zero-order valence-electron chi connectivity index (χ0n) is 12.9. The van der Waals surface area contributed by atoms with Crippen molar-refractivity contribution in [3.8, 4) is 0 Å². The fraction of sp³-hybridized carbons (Fsp3) is 0.500. The van der Waals surface area contributed by atoms with Gasteiger partial charge >= 0.3 is 0 Å². The van der Waals surface area contributed by atoms with Crippen molar-refractivity contribution in [1.29, 1.82) is 0 Å². The molecule has 1 atom stereocenters. The van der Waals surface area contributed by atoms with Gasteiger partial charge in [-0.1, -0.05) is 0 Å². The Morgan fingerprint density at radius 1 is 1.38 bits per heavy atom. The maximum absolute atomic E-state index is 12.4. The van der Waals surface area contributed by atoms with E-state index in [9.17, 15) is 4.79 Å². The summed E-state index contributed by atoms with van der Waals surface area (Å²) in [5.41, 5.74) is 3.29. The number of hydrogen-bond acceptors (Lipinski definition) is 3. The van der Waals surface area contributed by atoms with Crippen LogP contribution in [0.25, 0.3) is 0 Å². The molecule has 2 aromatic heterocycles. The molecule has 2 aromatic rings. The summed E-state index contributed by atoms with van der Waals surface area (Å²) >= 11 is 3.42. The number of carbonyl (C=O) groups excluding carboxylic acids is 1. The summed E-state index contributed by atoms with van der Waals surface area (Å²) in [6.07, 6.45) is 1.98. The summed E-state index contributed by atoms with van der Waals surface area (Å²) in [4.78, 5) is 12.4. The first-order chi connectivity index (χ1) is 9.85. The minimum atomic E-state index is -0.152. The molecule has 114 valence electrons. The van der Waals surface area contributed by atoms with Gasteiger partial charge in [0.15, 0.2) is 0 Å². The molecule has 1 amide bonds. The number of amides is 1. The molecule has 0 bridgehead atoms. The maximum atomic E-state index is 12.4. The third kappa shape index (κ3) is 3.02. The molecular formula is C14H20BrN5O. The smallest absolute Gasteiger partial charge is 0.271 e. The molecule has 0 saturated heterocycles. The van der Waals surface area contributed by atoms with Crippen LogP contribution in [0.1, 0.15) is 47.3 Å². The molecule has 6 nitrogen and oxygen atoms in total. The molecule has 0 aliphatic carbocycles. The quantitative estimate of drug-likeness (QED) is 0.918. The van der Waals surface area contributed by atoms with E-state index in [0.29, 0.717) is 5.69 Å². The van der Waals surface area contributed by atoms with E-state index >= 15 is 0 Å². The van der Waals surface area contributed by atoms with Crippen LogP contribution < -0.4 is 5.32 Å². The highest BCUT2D eigenvalue weighted by atomic mass is 79.9. The van der Waals surface area contributed by atoms with Crippen LogP contribution >= 0.6 is 15.9 Å². The molecule has 0 aromatic carbocycles. The van der Waals surface area contributed by atoms with Crippen molar-refractivity contribution in [2.24, 2.45) is 7.05 Å². The largest absolute Gasteiger partial charge is 0.344 e. The number of aromatic nitrogens is 4. The third-order valence-electron chi connectivity index (χ3n) is 3.49. The third-order valence-corrected chi connectivity index (χ3v) is 4.44. The van der Waals surface area contributed by atoms with Gasteiger partial charge in [0.2, 0.25) is 0 Å². The molecule has 21 heavy (non-hydrogen) atoms. The topological polar surface area (TPSA) is 64.7 Å². The van der Waals surface area contributed by atoms with Crippen molar-refractivity contribution in [2.45, 2.75) is 40.3 Å². The van der Waals surface area contributed by atoms with Gasteiger partial charge in [0.25, 0.3) is 5.91 Å². The van der Waals surface area contributed by atoms with Crippen LogP contribution in [0, 0.1) is 13.8 Å². The Labute approximate surface area is 132 Å². The SMILES string of the molecule is CCn1cc(C(C)NC(=O)c2c(Br)c(C)nn2C)c(C)n1. The fourth-order valence-corrected chi connectivity index (χ4v) is 2.86. The normalized spacial score (nSPS) is 12.5. The molecule has 2 heterocycles. The average molecular weight is 354 g/mol. The van der Waals surface area contributed by atoms with E-state index in [1.807, 2.05) is 38.6 Å². The minimum absolute atomic E-state index is 0.111. The summed E-state index contributed by atoms with van der Waals surface area (Å²) in [6, 6.07) is -0.111. The second-order valence-electron chi connectivity index (χ2n) is 5.09. The number of nitrogens with zero attached hydrogens (tertiary/aromatic N) is 4. The Kier molecular flexibility index (Phi) is 4.51. The molecule has 0 aliphatic rings. The molecule has 0 radical (unpaired) electrons. The molecule has 0 spiro atoms. The van der Waals surface area contributed by atoms with Crippen LogP contribution in [0.5, 0.6) is 0 Å². The Hall–Kier alpha value is -1.63. The van der Waals surface area contributed by atoms with Crippen molar-refractivity contribution in [1.82, 2.24) is 24.9 Å². The van der Waals surface area contributed by atoms with Gasteiger partial charge in [0, 0.05) is 25.4 Å². The first-order valence-corrected chi connectivity index (χ1v) is 7.68. The van der Waals surface area contributed by atoms with E-state index < -0.39 is 0 Å². The number of halogens is 1. The predicted molar refractivity (Wildman–Crippen MR) is 84.2 cm³/mol. The van der Waals surface area contributed by atoms with Gasteiger partial charge in [0.1, 0.15) is 5.69 Å². The van der Waals surface area contributed by atoms with Crippen LogP contribution in [0.15, 0.2) is 10.7 Å². The minimum Gasteiger partial charge on any atom is -0.344 e. The first kappa shape index (κ1) is 15.8. The molecular weight excluding hydrogens is 334 g/mol. The molecule has 0 saturated carbocycles. The van der Waals surface area contributed by atoms with E-state index in [0.717, 1.165) is 28.0 Å². The van der Waals surface area contributed by atoms with E-state index in [1.165, 1.54) is 0 Å². The standard InChI is InChI=1S/C14H20BrN5O/c1-6-20-7-11(9(3)18-20)8(2)16-14(21)13-12(15)10(4)17-19(13)5/h7-8H,6H2,1-5H3,(H,16,21). The summed E-state index contributed by atoms with van der Waals surface area (Å²) in [7, 11) is 1.76. The summed E-state index contributed by atoms with van der Waals surface area (Å²) in [5.74, 6) is -0.152. The molecule has 1 unspecified atom stereocenters. The Bertz CT molecular complexity index is 673. The number of hydrogen-bond donors (Lipinski definition) is 1. The van der Waals surface area contributed by atoms with Crippen molar-refractivity contribution in [3.63, 3.8) is 0 Å². The summed E-state index contributed by atoms with van der Waals surface area (Å²) < 4.78 is 4.19. The van der Waals surface area contributed by atoms with Crippen molar-refractivity contribution in [2.75, 3.05) is 0 Å². The van der Waals surface area contributed by atoms with E-state index in [1.54, 1.807) is 11.7 Å². The lowest BCUT2D eigenvalue weighted by Gasteiger charge is -2.13. The number of aryl methyl sites for hydroxylation is 4. The van der Waals surface area contributed by atoms with E-state index in [4.69, 9.17) is 0 Å². The first-order valence-electron chi connectivity index (χ1n) is 6.89. The fourth-order valence-electron chi connectivity index (χ4n) is 2.34.